The number of rotatable bonds is 6. The zero-order valence-corrected chi connectivity index (χ0v) is 19.2. The highest BCUT2D eigenvalue weighted by Crippen LogP contribution is 2.47. The molecule has 0 saturated heterocycles. The van der Waals surface area contributed by atoms with Crippen molar-refractivity contribution in [2.75, 3.05) is 0 Å². The Kier molecular flexibility index (Phi) is 6.10. The second-order valence-electron chi connectivity index (χ2n) is 9.28. The zero-order valence-electron chi connectivity index (χ0n) is 18.4. The monoisotopic (exact) mass is 470 g/mol. The molecule has 1 heterocycles. The SMILES string of the molecule is CC(C)(CC(O)(CC1C=CC(=O)c2sccc21)C(F)(F)F)c1cccc(-c2ccccc2)c1. The Hall–Kier alpha value is -2.70. The van der Waals surface area contributed by atoms with Crippen LogP contribution in [0, 0.1) is 0 Å². The number of carbonyl (C=O) groups is 1. The summed E-state index contributed by atoms with van der Waals surface area (Å²) >= 11 is 1.22. The maximum absolute atomic E-state index is 14.3. The Bertz CT molecular complexity index is 1180. The molecule has 6 heteroatoms. The van der Waals surface area contributed by atoms with Crippen LogP contribution in [0.4, 0.5) is 13.2 Å². The van der Waals surface area contributed by atoms with Gasteiger partial charge in [0.1, 0.15) is 0 Å². The second-order valence-corrected chi connectivity index (χ2v) is 10.2. The first-order valence-electron chi connectivity index (χ1n) is 10.8. The van der Waals surface area contributed by atoms with Crippen molar-refractivity contribution in [2.45, 2.75) is 49.8 Å². The molecule has 172 valence electrons. The molecule has 1 aliphatic rings. The predicted octanol–water partition coefficient (Wildman–Crippen LogP) is 7.30. The van der Waals surface area contributed by atoms with Gasteiger partial charge in [-0.15, -0.1) is 11.3 Å². The Labute approximate surface area is 195 Å². The van der Waals surface area contributed by atoms with Crippen LogP contribution in [0.1, 0.15) is 53.4 Å². The highest BCUT2D eigenvalue weighted by Gasteiger charge is 2.56. The molecule has 0 spiro atoms. The van der Waals surface area contributed by atoms with Gasteiger partial charge in [-0.2, -0.15) is 13.2 Å². The van der Waals surface area contributed by atoms with Crippen LogP contribution in [0.25, 0.3) is 11.1 Å². The summed E-state index contributed by atoms with van der Waals surface area (Å²) in [5.41, 5.74) is -0.720. The number of hydrogen-bond acceptors (Lipinski definition) is 3. The first kappa shape index (κ1) is 23.5. The first-order valence-corrected chi connectivity index (χ1v) is 11.6. The lowest BCUT2D eigenvalue weighted by molar-refractivity contribution is -0.270. The third kappa shape index (κ3) is 4.68. The highest BCUT2D eigenvalue weighted by molar-refractivity contribution is 7.12. The maximum Gasteiger partial charge on any atom is 0.417 e. The Morgan fingerprint density at radius 3 is 2.36 bits per heavy atom. The smallest absolute Gasteiger partial charge is 0.380 e. The topological polar surface area (TPSA) is 37.3 Å². The van der Waals surface area contributed by atoms with Gasteiger partial charge in [-0.25, -0.2) is 0 Å². The van der Waals surface area contributed by atoms with E-state index in [0.29, 0.717) is 10.4 Å². The van der Waals surface area contributed by atoms with Crippen LogP contribution < -0.4 is 0 Å². The van der Waals surface area contributed by atoms with Gasteiger partial charge in [-0.05, 0) is 58.0 Å². The second kappa shape index (κ2) is 8.58. The molecule has 3 aromatic rings. The number of ketones is 1. The summed E-state index contributed by atoms with van der Waals surface area (Å²) in [5.74, 6) is -0.883. The molecular weight excluding hydrogens is 445 g/mol. The van der Waals surface area contributed by atoms with E-state index in [1.165, 1.54) is 23.5 Å². The molecule has 0 saturated carbocycles. The molecule has 33 heavy (non-hydrogen) atoms. The number of aliphatic hydroxyl groups is 1. The zero-order chi connectivity index (χ0) is 23.9. The van der Waals surface area contributed by atoms with Crippen LogP contribution in [0.5, 0.6) is 0 Å². The van der Waals surface area contributed by atoms with Gasteiger partial charge in [0.05, 0.1) is 4.88 Å². The fourth-order valence-electron chi connectivity index (χ4n) is 4.61. The van der Waals surface area contributed by atoms with Crippen molar-refractivity contribution < 1.29 is 23.1 Å². The number of halogens is 3. The third-order valence-corrected chi connectivity index (χ3v) is 7.31. The molecule has 1 aliphatic carbocycles. The molecule has 0 amide bonds. The van der Waals surface area contributed by atoms with Crippen molar-refractivity contribution in [2.24, 2.45) is 0 Å². The van der Waals surface area contributed by atoms with Crippen molar-refractivity contribution in [3.05, 3.63) is 94.2 Å². The van der Waals surface area contributed by atoms with Gasteiger partial charge in [0.25, 0.3) is 0 Å². The lowest BCUT2D eigenvalue weighted by Gasteiger charge is -2.40. The minimum absolute atomic E-state index is 0.204. The fraction of sp³-hybridized carbons (Fsp3) is 0.296. The molecule has 2 atom stereocenters. The summed E-state index contributed by atoms with van der Waals surface area (Å²) in [5, 5.41) is 12.8. The van der Waals surface area contributed by atoms with Gasteiger partial charge >= 0.3 is 6.18 Å². The number of carbonyl (C=O) groups excluding carboxylic acids is 1. The summed E-state index contributed by atoms with van der Waals surface area (Å²) in [6.45, 7) is 3.45. The summed E-state index contributed by atoms with van der Waals surface area (Å²) in [6, 6.07) is 18.8. The summed E-state index contributed by atoms with van der Waals surface area (Å²) in [4.78, 5) is 12.5. The van der Waals surface area contributed by atoms with Gasteiger partial charge in [0.2, 0.25) is 0 Å². The van der Waals surface area contributed by atoms with Crippen molar-refractivity contribution >= 4 is 17.1 Å². The number of allylic oxidation sites excluding steroid dienone is 2. The van der Waals surface area contributed by atoms with Crippen molar-refractivity contribution in [1.29, 1.82) is 0 Å². The lowest BCUT2D eigenvalue weighted by atomic mass is 9.71. The molecule has 1 N–H and O–H groups in total. The fourth-order valence-corrected chi connectivity index (χ4v) is 5.50. The van der Waals surface area contributed by atoms with E-state index >= 15 is 0 Å². The molecular formula is C27H25F3O2S. The van der Waals surface area contributed by atoms with E-state index in [1.807, 2.05) is 48.5 Å². The summed E-state index contributed by atoms with van der Waals surface area (Å²) in [6.07, 6.45) is -3.07. The highest BCUT2D eigenvalue weighted by atomic mass is 32.1. The lowest BCUT2D eigenvalue weighted by Crippen LogP contribution is -2.50. The maximum atomic E-state index is 14.3. The largest absolute Gasteiger partial charge is 0.417 e. The van der Waals surface area contributed by atoms with E-state index in [0.717, 1.165) is 16.7 Å². The average Bonchev–Trinajstić information content (AvgIpc) is 3.27. The molecule has 4 rings (SSSR count). The van der Waals surface area contributed by atoms with Crippen LogP contribution in [0.2, 0.25) is 0 Å². The molecule has 0 aliphatic heterocycles. The van der Waals surface area contributed by atoms with E-state index in [2.05, 4.69) is 0 Å². The standard InChI is InChI=1S/C27H25F3O2S/c1-25(2,21-10-6-9-19(15-21)18-7-4-3-5-8-18)17-26(32,27(28,29)30)16-20-11-12-23(31)24-22(20)13-14-33-24/h3-15,20,32H,16-17H2,1-2H3. The molecule has 2 unspecified atom stereocenters. The average molecular weight is 471 g/mol. The van der Waals surface area contributed by atoms with Crippen LogP contribution in [-0.4, -0.2) is 22.7 Å². The van der Waals surface area contributed by atoms with E-state index in [9.17, 15) is 23.1 Å². The number of alkyl halides is 3. The quantitative estimate of drug-likeness (QED) is 0.410. The molecule has 0 radical (unpaired) electrons. The van der Waals surface area contributed by atoms with Crippen LogP contribution in [0.15, 0.2) is 78.2 Å². The minimum Gasteiger partial charge on any atom is -0.380 e. The van der Waals surface area contributed by atoms with E-state index in [4.69, 9.17) is 0 Å². The Morgan fingerprint density at radius 2 is 1.67 bits per heavy atom. The van der Waals surface area contributed by atoms with Gasteiger partial charge in [0.15, 0.2) is 11.4 Å². The van der Waals surface area contributed by atoms with Crippen LogP contribution in [-0.2, 0) is 5.41 Å². The van der Waals surface area contributed by atoms with E-state index < -0.39 is 36.0 Å². The van der Waals surface area contributed by atoms with E-state index in [1.54, 1.807) is 31.4 Å². The van der Waals surface area contributed by atoms with Crippen molar-refractivity contribution in [3.63, 3.8) is 0 Å². The molecule has 0 bridgehead atoms. The third-order valence-electron chi connectivity index (χ3n) is 6.37. The normalized spacial score (nSPS) is 18.1. The molecule has 2 aromatic carbocycles. The number of fused-ring (bicyclic) bond motifs is 1. The van der Waals surface area contributed by atoms with Crippen LogP contribution in [0.3, 0.4) is 0 Å². The van der Waals surface area contributed by atoms with Crippen LogP contribution >= 0.6 is 11.3 Å². The van der Waals surface area contributed by atoms with E-state index in [-0.39, 0.29) is 5.78 Å². The van der Waals surface area contributed by atoms with Crippen molar-refractivity contribution in [1.82, 2.24) is 0 Å². The minimum atomic E-state index is -4.83. The van der Waals surface area contributed by atoms with Gasteiger partial charge in [-0.1, -0.05) is 74.5 Å². The molecule has 2 nitrogen and oxygen atoms in total. The van der Waals surface area contributed by atoms with Gasteiger partial charge in [0, 0.05) is 5.92 Å². The number of benzene rings is 2. The molecule has 1 aromatic heterocycles. The summed E-state index contributed by atoms with van der Waals surface area (Å²) < 4.78 is 42.9. The number of thiophene rings is 1. The van der Waals surface area contributed by atoms with Gasteiger partial charge in [-0.3, -0.25) is 4.79 Å². The first-order chi connectivity index (χ1) is 15.5. The Morgan fingerprint density at radius 1 is 0.970 bits per heavy atom. The number of hydrogen-bond donors (Lipinski definition) is 1. The summed E-state index contributed by atoms with van der Waals surface area (Å²) in [7, 11) is 0. The Balaban J connectivity index is 1.65. The molecule has 0 fully saturated rings. The predicted molar refractivity (Wildman–Crippen MR) is 126 cm³/mol. The van der Waals surface area contributed by atoms with Gasteiger partial charge < -0.3 is 5.11 Å². The van der Waals surface area contributed by atoms with Crippen molar-refractivity contribution in [3.8, 4) is 11.1 Å².